The van der Waals surface area contributed by atoms with Gasteiger partial charge in [0.05, 0.1) is 12.2 Å². The Hall–Kier alpha value is -3.39. The molecule has 0 radical (unpaired) electrons. The topological polar surface area (TPSA) is 97.2 Å². The van der Waals surface area contributed by atoms with Gasteiger partial charge in [-0.1, -0.05) is 22.9 Å². The standard InChI is InChI=1S/C22H17ClF5N5O3S/c1-10-14(25)6-15(33(10)20(36)17(34)11-2-4-13(24)5-3-11)19(35)29-7-12-9-32(31-18(12)23)16-8-30-21(37-16)22(26,27)28/h2-5,8-10,14-15H,6-7H2,1H3,(H,29,35)/t10-,14+,15-/m0/s1. The van der Waals surface area contributed by atoms with Gasteiger partial charge in [0.2, 0.25) is 11.7 Å². The molecule has 1 saturated heterocycles. The van der Waals surface area contributed by atoms with Crippen LogP contribution in [0.2, 0.25) is 5.15 Å². The minimum absolute atomic E-state index is 0.0350. The van der Waals surface area contributed by atoms with Crippen LogP contribution in [0.25, 0.3) is 5.00 Å². The van der Waals surface area contributed by atoms with Crippen molar-refractivity contribution in [1.29, 1.82) is 0 Å². The fourth-order valence-corrected chi connectivity index (χ4v) is 4.72. The van der Waals surface area contributed by atoms with Gasteiger partial charge in [0.15, 0.2) is 10.2 Å². The molecule has 0 aliphatic carbocycles. The second-order valence-corrected chi connectivity index (χ2v) is 9.53. The van der Waals surface area contributed by atoms with Gasteiger partial charge in [-0.05, 0) is 31.2 Å². The fourth-order valence-electron chi connectivity index (χ4n) is 3.81. The molecule has 1 N–H and O–H groups in total. The van der Waals surface area contributed by atoms with Gasteiger partial charge < -0.3 is 10.2 Å². The van der Waals surface area contributed by atoms with Gasteiger partial charge in [-0.2, -0.15) is 18.3 Å². The van der Waals surface area contributed by atoms with Crippen LogP contribution < -0.4 is 5.32 Å². The van der Waals surface area contributed by atoms with Gasteiger partial charge in [0, 0.05) is 30.3 Å². The number of hydrogen-bond acceptors (Lipinski definition) is 6. The molecule has 0 spiro atoms. The van der Waals surface area contributed by atoms with E-state index in [4.69, 9.17) is 11.6 Å². The fraction of sp³-hybridized carbons (Fsp3) is 0.318. The Morgan fingerprint density at radius 1 is 1.22 bits per heavy atom. The van der Waals surface area contributed by atoms with Gasteiger partial charge in [-0.15, -0.1) is 0 Å². The smallest absolute Gasteiger partial charge is 0.350 e. The number of aromatic nitrogens is 3. The lowest BCUT2D eigenvalue weighted by molar-refractivity contribution is -0.137. The first-order chi connectivity index (χ1) is 17.4. The van der Waals surface area contributed by atoms with Gasteiger partial charge >= 0.3 is 6.18 Å². The highest BCUT2D eigenvalue weighted by molar-refractivity contribution is 7.14. The second kappa shape index (κ2) is 10.2. The van der Waals surface area contributed by atoms with E-state index in [9.17, 15) is 36.3 Å². The Bertz CT molecular complexity index is 1340. The first kappa shape index (κ1) is 26.7. The molecule has 1 aliphatic rings. The quantitative estimate of drug-likeness (QED) is 0.279. The summed E-state index contributed by atoms with van der Waals surface area (Å²) in [5.41, 5.74) is 0.121. The molecule has 2 aromatic heterocycles. The molecule has 0 unspecified atom stereocenters. The third-order valence-corrected chi connectivity index (χ3v) is 7.09. The average Bonchev–Trinajstić information content (AvgIpc) is 3.55. The van der Waals surface area contributed by atoms with E-state index < -0.39 is 52.9 Å². The number of ketones is 1. The molecular formula is C22H17ClF5N5O3S. The molecular weight excluding hydrogens is 545 g/mol. The highest BCUT2D eigenvalue weighted by Crippen LogP contribution is 2.34. The number of amides is 2. The molecule has 15 heteroatoms. The lowest BCUT2D eigenvalue weighted by Gasteiger charge is -2.27. The highest BCUT2D eigenvalue weighted by atomic mass is 35.5. The van der Waals surface area contributed by atoms with Crippen LogP contribution in [-0.2, 0) is 22.3 Å². The number of likely N-dealkylation sites (tertiary alicyclic amines) is 1. The molecule has 196 valence electrons. The molecule has 3 atom stereocenters. The Morgan fingerprint density at radius 2 is 1.89 bits per heavy atom. The van der Waals surface area contributed by atoms with Crippen molar-refractivity contribution in [3.8, 4) is 5.00 Å². The number of rotatable bonds is 6. The van der Waals surface area contributed by atoms with Crippen molar-refractivity contribution in [3.63, 3.8) is 0 Å². The molecule has 3 aromatic rings. The van der Waals surface area contributed by atoms with Crippen LogP contribution in [-0.4, -0.2) is 55.5 Å². The van der Waals surface area contributed by atoms with Crippen LogP contribution in [0.1, 0.15) is 34.3 Å². The Balaban J connectivity index is 1.46. The van der Waals surface area contributed by atoms with Crippen molar-refractivity contribution in [1.82, 2.24) is 25.0 Å². The summed E-state index contributed by atoms with van der Waals surface area (Å²) < 4.78 is 67.2. The van der Waals surface area contributed by atoms with Crippen molar-refractivity contribution in [3.05, 3.63) is 63.8 Å². The van der Waals surface area contributed by atoms with Crippen molar-refractivity contribution in [2.24, 2.45) is 0 Å². The van der Waals surface area contributed by atoms with Crippen LogP contribution in [0, 0.1) is 5.82 Å². The van der Waals surface area contributed by atoms with E-state index in [0.717, 1.165) is 40.0 Å². The monoisotopic (exact) mass is 561 g/mol. The van der Waals surface area contributed by atoms with Gasteiger partial charge in [0.1, 0.15) is 23.0 Å². The zero-order chi connectivity index (χ0) is 27.1. The van der Waals surface area contributed by atoms with Crippen molar-refractivity contribution >= 4 is 40.5 Å². The molecule has 0 saturated carbocycles. The first-order valence-corrected chi connectivity index (χ1v) is 11.9. The molecule has 2 amide bonds. The lowest BCUT2D eigenvalue weighted by Crippen LogP contribution is -2.50. The molecule has 0 bridgehead atoms. The molecule has 4 rings (SSSR count). The number of alkyl halides is 4. The zero-order valence-electron chi connectivity index (χ0n) is 18.8. The number of nitrogens with zero attached hydrogens (tertiary/aromatic N) is 4. The van der Waals surface area contributed by atoms with Crippen molar-refractivity contribution < 1.29 is 36.3 Å². The molecule has 1 aromatic carbocycles. The third kappa shape index (κ3) is 5.49. The van der Waals surface area contributed by atoms with Crippen LogP contribution in [0.5, 0.6) is 0 Å². The first-order valence-electron chi connectivity index (χ1n) is 10.7. The number of halogens is 6. The summed E-state index contributed by atoms with van der Waals surface area (Å²) >= 11 is 6.41. The SMILES string of the molecule is C[C@H]1[C@H](F)C[C@@H](C(=O)NCc2cn(-c3cnc(C(F)(F)F)s3)nc2Cl)N1C(=O)C(=O)c1ccc(F)cc1. The molecule has 37 heavy (non-hydrogen) atoms. The zero-order valence-corrected chi connectivity index (χ0v) is 20.4. The number of thiazole rings is 1. The minimum Gasteiger partial charge on any atom is -0.350 e. The van der Waals surface area contributed by atoms with E-state index in [1.807, 2.05) is 0 Å². The Kier molecular flexibility index (Phi) is 7.33. The number of carbonyl (C=O) groups excluding carboxylic acids is 3. The van der Waals surface area contributed by atoms with Crippen LogP contribution in [0.15, 0.2) is 36.7 Å². The maximum absolute atomic E-state index is 14.5. The summed E-state index contributed by atoms with van der Waals surface area (Å²) in [5.74, 6) is -3.52. The average molecular weight is 562 g/mol. The predicted octanol–water partition coefficient (Wildman–Crippen LogP) is 3.97. The largest absolute Gasteiger partial charge is 0.443 e. The van der Waals surface area contributed by atoms with E-state index in [1.165, 1.54) is 13.1 Å². The van der Waals surface area contributed by atoms with E-state index in [1.54, 1.807) is 0 Å². The number of Topliss-reactive ketones (excluding diaryl/α,β-unsaturated/α-hetero) is 1. The van der Waals surface area contributed by atoms with E-state index >= 15 is 0 Å². The summed E-state index contributed by atoms with van der Waals surface area (Å²) in [7, 11) is 0. The van der Waals surface area contributed by atoms with E-state index in [2.05, 4.69) is 15.4 Å². The van der Waals surface area contributed by atoms with Crippen molar-refractivity contribution in [2.75, 3.05) is 0 Å². The number of carbonyl (C=O) groups is 3. The Morgan fingerprint density at radius 3 is 2.51 bits per heavy atom. The summed E-state index contributed by atoms with van der Waals surface area (Å²) in [6.45, 7) is 1.12. The number of benzene rings is 1. The van der Waals surface area contributed by atoms with Gasteiger partial charge in [-0.25, -0.2) is 18.4 Å². The van der Waals surface area contributed by atoms with Crippen LogP contribution in [0.4, 0.5) is 22.0 Å². The van der Waals surface area contributed by atoms with Crippen LogP contribution in [0.3, 0.4) is 0 Å². The number of nitrogens with one attached hydrogen (secondary N) is 1. The third-order valence-electron chi connectivity index (χ3n) is 5.74. The molecule has 1 aliphatic heterocycles. The predicted molar refractivity (Wildman–Crippen MR) is 121 cm³/mol. The van der Waals surface area contributed by atoms with Gasteiger partial charge in [0.25, 0.3) is 5.91 Å². The molecule has 1 fully saturated rings. The summed E-state index contributed by atoms with van der Waals surface area (Å²) in [6.07, 6.45) is -4.29. The summed E-state index contributed by atoms with van der Waals surface area (Å²) in [5, 5.41) is 5.28. The lowest BCUT2D eigenvalue weighted by atomic mass is 10.1. The normalized spacial score (nSPS) is 19.8. The van der Waals surface area contributed by atoms with E-state index in [-0.39, 0.29) is 34.2 Å². The highest BCUT2D eigenvalue weighted by Gasteiger charge is 2.47. The molecule has 8 nitrogen and oxygen atoms in total. The summed E-state index contributed by atoms with van der Waals surface area (Å²) in [6, 6.07) is 1.82. The van der Waals surface area contributed by atoms with Gasteiger partial charge in [-0.3, -0.25) is 14.4 Å². The number of hydrogen-bond donors (Lipinski definition) is 1. The molecule has 3 heterocycles. The maximum atomic E-state index is 14.5. The maximum Gasteiger partial charge on any atom is 0.443 e. The Labute approximate surface area is 215 Å². The summed E-state index contributed by atoms with van der Waals surface area (Å²) in [4.78, 5) is 42.6. The van der Waals surface area contributed by atoms with Crippen LogP contribution >= 0.6 is 22.9 Å². The van der Waals surface area contributed by atoms with Crippen molar-refractivity contribution in [2.45, 2.75) is 44.3 Å². The van der Waals surface area contributed by atoms with E-state index in [0.29, 0.717) is 11.3 Å². The minimum atomic E-state index is -4.62. The second-order valence-electron chi connectivity index (χ2n) is 8.17.